The van der Waals surface area contributed by atoms with Crippen LogP contribution in [0.3, 0.4) is 0 Å². The summed E-state index contributed by atoms with van der Waals surface area (Å²) in [6.45, 7) is 1.44. The van der Waals surface area contributed by atoms with Crippen molar-refractivity contribution in [2.75, 3.05) is 6.61 Å². The van der Waals surface area contributed by atoms with Crippen LogP contribution in [0.4, 0.5) is 8.78 Å². The van der Waals surface area contributed by atoms with Crippen molar-refractivity contribution in [1.29, 1.82) is 0 Å². The number of pyridine rings is 1. The van der Waals surface area contributed by atoms with E-state index in [-0.39, 0.29) is 11.7 Å². The highest BCUT2D eigenvalue weighted by atomic mass is 19.3. The largest absolute Gasteiger partial charge is 0.471 e. The van der Waals surface area contributed by atoms with Gasteiger partial charge >= 0.3 is 0 Å². The Labute approximate surface area is 86.1 Å². The molecule has 0 aliphatic carbocycles. The quantitative estimate of drug-likeness (QED) is 0.723. The van der Waals surface area contributed by atoms with Crippen molar-refractivity contribution < 1.29 is 18.3 Å². The second-order valence-electron chi connectivity index (χ2n) is 3.30. The average Bonchev–Trinajstić information content (AvgIpc) is 2.14. The summed E-state index contributed by atoms with van der Waals surface area (Å²) < 4.78 is 29.5. The van der Waals surface area contributed by atoms with Crippen LogP contribution in [0.25, 0.3) is 0 Å². The Hall–Kier alpha value is -1.52. The molecule has 1 heterocycles. The predicted molar refractivity (Wildman–Crippen MR) is 50.4 cm³/mol. The van der Waals surface area contributed by atoms with Crippen LogP contribution in [-0.2, 0) is 0 Å². The maximum atomic E-state index is 12.4. The van der Waals surface area contributed by atoms with E-state index in [9.17, 15) is 13.6 Å². The summed E-state index contributed by atoms with van der Waals surface area (Å²) in [6, 6.07) is 2.88. The monoisotopic (exact) mass is 215 g/mol. The Balaban J connectivity index is 2.61. The summed E-state index contributed by atoms with van der Waals surface area (Å²) in [5.41, 5.74) is 0.422. The number of ether oxygens (including phenoxy) is 1. The molecule has 0 saturated carbocycles. The summed E-state index contributed by atoms with van der Waals surface area (Å²) in [7, 11) is 0. The first-order valence-corrected chi connectivity index (χ1v) is 4.36. The number of halogens is 2. The number of rotatable bonds is 4. The average molecular weight is 215 g/mol. The van der Waals surface area contributed by atoms with Gasteiger partial charge in [-0.15, -0.1) is 0 Å². The summed E-state index contributed by atoms with van der Waals surface area (Å²) in [5.74, 6) is -2.93. The highest BCUT2D eigenvalue weighted by Crippen LogP contribution is 2.14. The standard InChI is InChI=1S/C10H11F2NO2/c1-7(14)8-3-4-9(13-5-8)15-6-10(2,11)12/h3-5H,6H2,1-2H3. The molecule has 1 aromatic heterocycles. The second kappa shape index (κ2) is 4.33. The van der Waals surface area contributed by atoms with E-state index in [1.165, 1.54) is 25.3 Å². The van der Waals surface area contributed by atoms with Crippen LogP contribution >= 0.6 is 0 Å². The lowest BCUT2D eigenvalue weighted by Gasteiger charge is -2.10. The third-order valence-electron chi connectivity index (χ3n) is 1.62. The third-order valence-corrected chi connectivity index (χ3v) is 1.62. The Morgan fingerprint density at radius 3 is 2.60 bits per heavy atom. The molecule has 15 heavy (non-hydrogen) atoms. The molecular weight excluding hydrogens is 204 g/mol. The van der Waals surface area contributed by atoms with E-state index in [4.69, 9.17) is 4.74 Å². The molecule has 0 aliphatic rings. The van der Waals surface area contributed by atoms with Crippen LogP contribution in [0.15, 0.2) is 18.3 Å². The van der Waals surface area contributed by atoms with Gasteiger partial charge < -0.3 is 4.74 Å². The van der Waals surface area contributed by atoms with E-state index >= 15 is 0 Å². The molecule has 1 rings (SSSR count). The number of ketones is 1. The van der Waals surface area contributed by atoms with Gasteiger partial charge in [0.05, 0.1) is 0 Å². The fourth-order valence-corrected chi connectivity index (χ4v) is 0.875. The molecule has 0 aliphatic heterocycles. The number of nitrogens with zero attached hydrogens (tertiary/aromatic N) is 1. The Morgan fingerprint density at radius 1 is 1.53 bits per heavy atom. The molecule has 0 aromatic carbocycles. The SMILES string of the molecule is CC(=O)c1ccc(OCC(C)(F)F)nc1. The maximum Gasteiger partial charge on any atom is 0.278 e. The molecule has 0 radical (unpaired) electrons. The van der Waals surface area contributed by atoms with E-state index in [0.717, 1.165) is 6.92 Å². The van der Waals surface area contributed by atoms with Crippen molar-refractivity contribution in [3.8, 4) is 5.88 Å². The smallest absolute Gasteiger partial charge is 0.278 e. The molecule has 0 unspecified atom stereocenters. The minimum absolute atomic E-state index is 0.0847. The van der Waals surface area contributed by atoms with Gasteiger partial charge in [0, 0.05) is 24.8 Å². The molecule has 0 fully saturated rings. The zero-order chi connectivity index (χ0) is 11.5. The molecular formula is C10H11F2NO2. The number of carbonyl (C=O) groups excluding carboxylic acids is 1. The maximum absolute atomic E-state index is 12.4. The predicted octanol–water partition coefficient (Wildman–Crippen LogP) is 2.32. The van der Waals surface area contributed by atoms with Gasteiger partial charge in [0.1, 0.15) is 0 Å². The van der Waals surface area contributed by atoms with Gasteiger partial charge in [0.2, 0.25) is 5.88 Å². The lowest BCUT2D eigenvalue weighted by Crippen LogP contribution is -2.21. The van der Waals surface area contributed by atoms with Crippen molar-refractivity contribution >= 4 is 5.78 Å². The first kappa shape index (κ1) is 11.6. The van der Waals surface area contributed by atoms with Crippen molar-refractivity contribution in [3.63, 3.8) is 0 Å². The molecule has 0 spiro atoms. The number of carbonyl (C=O) groups is 1. The van der Waals surface area contributed by atoms with Crippen LogP contribution in [0.1, 0.15) is 24.2 Å². The van der Waals surface area contributed by atoms with Gasteiger partial charge in [0.25, 0.3) is 5.92 Å². The normalized spacial score (nSPS) is 11.2. The Bertz CT molecular complexity index is 343. The summed E-state index contributed by atoms with van der Waals surface area (Å²) in [5, 5.41) is 0. The highest BCUT2D eigenvalue weighted by Gasteiger charge is 2.22. The van der Waals surface area contributed by atoms with Gasteiger partial charge in [-0.1, -0.05) is 0 Å². The van der Waals surface area contributed by atoms with Gasteiger partial charge in [-0.25, -0.2) is 13.8 Å². The fourth-order valence-electron chi connectivity index (χ4n) is 0.875. The van der Waals surface area contributed by atoms with E-state index < -0.39 is 12.5 Å². The fraction of sp³-hybridized carbons (Fsp3) is 0.400. The molecule has 0 atom stereocenters. The van der Waals surface area contributed by atoms with Crippen LogP contribution in [0.2, 0.25) is 0 Å². The molecule has 0 N–H and O–H groups in total. The molecule has 82 valence electrons. The van der Waals surface area contributed by atoms with Crippen molar-refractivity contribution in [2.45, 2.75) is 19.8 Å². The van der Waals surface area contributed by atoms with Crippen LogP contribution in [-0.4, -0.2) is 23.3 Å². The van der Waals surface area contributed by atoms with Gasteiger partial charge in [-0.2, -0.15) is 0 Å². The van der Waals surface area contributed by atoms with E-state index in [1.54, 1.807) is 0 Å². The Kier molecular flexibility index (Phi) is 3.34. The van der Waals surface area contributed by atoms with Gasteiger partial charge in [0.15, 0.2) is 12.4 Å². The number of aromatic nitrogens is 1. The van der Waals surface area contributed by atoms with Crippen LogP contribution in [0.5, 0.6) is 5.88 Å². The number of alkyl halides is 2. The molecule has 0 bridgehead atoms. The number of hydrogen-bond acceptors (Lipinski definition) is 3. The lowest BCUT2D eigenvalue weighted by molar-refractivity contribution is -0.0242. The molecule has 5 heteroatoms. The van der Waals surface area contributed by atoms with Crippen LogP contribution in [0, 0.1) is 0 Å². The zero-order valence-corrected chi connectivity index (χ0v) is 8.46. The minimum atomic E-state index is -2.89. The summed E-state index contributed by atoms with van der Waals surface area (Å²) in [6.07, 6.45) is 1.30. The van der Waals surface area contributed by atoms with Crippen LogP contribution < -0.4 is 4.74 Å². The highest BCUT2D eigenvalue weighted by molar-refractivity contribution is 5.93. The van der Waals surface area contributed by atoms with Gasteiger partial charge in [-0.3, -0.25) is 4.79 Å². The minimum Gasteiger partial charge on any atom is -0.471 e. The van der Waals surface area contributed by atoms with E-state index in [1.807, 2.05) is 0 Å². The van der Waals surface area contributed by atoms with E-state index in [0.29, 0.717) is 5.56 Å². The molecule has 0 saturated heterocycles. The van der Waals surface area contributed by atoms with Crippen molar-refractivity contribution in [1.82, 2.24) is 4.98 Å². The summed E-state index contributed by atoms with van der Waals surface area (Å²) >= 11 is 0. The van der Waals surface area contributed by atoms with Crippen molar-refractivity contribution in [2.24, 2.45) is 0 Å². The van der Waals surface area contributed by atoms with E-state index in [2.05, 4.69) is 4.98 Å². The summed E-state index contributed by atoms with van der Waals surface area (Å²) in [4.78, 5) is 14.6. The molecule has 3 nitrogen and oxygen atoms in total. The van der Waals surface area contributed by atoms with Crippen molar-refractivity contribution in [3.05, 3.63) is 23.9 Å². The first-order chi connectivity index (χ1) is 6.88. The first-order valence-electron chi connectivity index (χ1n) is 4.36. The van der Waals surface area contributed by atoms with Gasteiger partial charge in [-0.05, 0) is 13.0 Å². The number of Topliss-reactive ketones (excluding diaryl/α,β-unsaturated/α-hetero) is 1. The topological polar surface area (TPSA) is 39.2 Å². The Morgan fingerprint density at radius 2 is 2.20 bits per heavy atom. The molecule has 0 amide bonds. The second-order valence-corrected chi connectivity index (χ2v) is 3.30. The third kappa shape index (κ3) is 4.01. The number of hydrogen-bond donors (Lipinski definition) is 0. The lowest BCUT2D eigenvalue weighted by atomic mass is 10.2. The zero-order valence-electron chi connectivity index (χ0n) is 8.46. The molecule has 1 aromatic rings.